The summed E-state index contributed by atoms with van der Waals surface area (Å²) < 4.78 is 5.19. The molecule has 5 heteroatoms. The van der Waals surface area contributed by atoms with Crippen LogP contribution >= 0.6 is 0 Å². The van der Waals surface area contributed by atoms with Gasteiger partial charge in [-0.25, -0.2) is 4.98 Å². The van der Waals surface area contributed by atoms with E-state index < -0.39 is 0 Å². The first-order valence-electron chi connectivity index (χ1n) is 6.91. The van der Waals surface area contributed by atoms with Gasteiger partial charge < -0.3 is 15.1 Å². The van der Waals surface area contributed by atoms with Crippen molar-refractivity contribution in [1.29, 1.82) is 0 Å². The monoisotopic (exact) mass is 287 g/mol. The molecule has 0 aliphatic carbocycles. The highest BCUT2D eigenvalue weighted by molar-refractivity contribution is 6.02. The van der Waals surface area contributed by atoms with Crippen molar-refractivity contribution < 1.29 is 9.21 Å². The second kappa shape index (κ2) is 6.10. The van der Waals surface area contributed by atoms with E-state index in [0.717, 1.165) is 5.69 Å². The van der Waals surface area contributed by atoms with Gasteiger partial charge in [-0.2, -0.15) is 0 Å². The summed E-state index contributed by atoms with van der Waals surface area (Å²) >= 11 is 0. The molecule has 112 valence electrons. The molecule has 0 aliphatic rings. The van der Waals surface area contributed by atoms with Crippen molar-refractivity contribution in [2.24, 2.45) is 0 Å². The van der Waals surface area contributed by atoms with Crippen molar-refractivity contribution >= 4 is 11.6 Å². The van der Waals surface area contributed by atoms with E-state index in [1.807, 2.05) is 24.3 Å². The van der Waals surface area contributed by atoms with Crippen LogP contribution < -0.4 is 10.6 Å². The van der Waals surface area contributed by atoms with E-state index in [0.29, 0.717) is 12.4 Å². The van der Waals surface area contributed by atoms with Gasteiger partial charge in [0.05, 0.1) is 6.54 Å². The molecule has 1 aromatic heterocycles. The second-order valence-corrected chi connectivity index (χ2v) is 5.94. The molecule has 0 unspecified atom stereocenters. The zero-order chi connectivity index (χ0) is 15.5. The zero-order valence-electron chi connectivity index (χ0n) is 12.9. The van der Waals surface area contributed by atoms with Gasteiger partial charge in [-0.15, -0.1) is 0 Å². The lowest BCUT2D eigenvalue weighted by atomic mass is 9.87. The van der Waals surface area contributed by atoms with E-state index in [-0.39, 0.29) is 17.0 Å². The predicted molar refractivity (Wildman–Crippen MR) is 82.4 cm³/mol. The molecule has 0 saturated heterocycles. The van der Waals surface area contributed by atoms with E-state index in [1.165, 1.54) is 11.8 Å². The summed E-state index contributed by atoms with van der Waals surface area (Å²) in [6.45, 7) is 6.95. The molecule has 0 atom stereocenters. The van der Waals surface area contributed by atoms with E-state index in [2.05, 4.69) is 36.4 Å². The van der Waals surface area contributed by atoms with Crippen LogP contribution in [0.4, 0.5) is 5.69 Å². The molecule has 2 N–H and O–H groups in total. The van der Waals surface area contributed by atoms with Crippen LogP contribution in [0, 0.1) is 0 Å². The Kier molecular flexibility index (Phi) is 4.43. The molecule has 21 heavy (non-hydrogen) atoms. The van der Waals surface area contributed by atoms with Crippen LogP contribution in [0.5, 0.6) is 0 Å². The lowest BCUT2D eigenvalue weighted by molar-refractivity contribution is 0.102. The predicted octanol–water partition coefficient (Wildman–Crippen LogP) is 2.94. The maximum Gasteiger partial charge on any atom is 0.277 e. The highest BCUT2D eigenvalue weighted by Crippen LogP contribution is 2.23. The molecular formula is C16H21N3O2. The van der Waals surface area contributed by atoms with Gasteiger partial charge in [-0.3, -0.25) is 4.79 Å². The number of aromatic nitrogens is 1. The molecule has 2 rings (SSSR count). The third-order valence-corrected chi connectivity index (χ3v) is 3.12. The van der Waals surface area contributed by atoms with E-state index in [1.54, 1.807) is 7.05 Å². The minimum Gasteiger partial charge on any atom is -0.447 e. The van der Waals surface area contributed by atoms with E-state index in [9.17, 15) is 4.79 Å². The first-order chi connectivity index (χ1) is 9.90. The van der Waals surface area contributed by atoms with Gasteiger partial charge >= 0.3 is 0 Å². The van der Waals surface area contributed by atoms with Crippen LogP contribution in [0.1, 0.15) is 42.7 Å². The van der Waals surface area contributed by atoms with Crippen molar-refractivity contribution in [3.05, 3.63) is 47.7 Å². The summed E-state index contributed by atoms with van der Waals surface area (Å²) in [5.74, 6) is 0.218. The quantitative estimate of drug-likeness (QED) is 0.907. The minimum atomic E-state index is -0.274. The summed E-state index contributed by atoms with van der Waals surface area (Å²) in [5.41, 5.74) is 2.33. The number of hydrogen-bond acceptors (Lipinski definition) is 4. The van der Waals surface area contributed by atoms with Crippen LogP contribution in [0.2, 0.25) is 0 Å². The molecule has 1 amide bonds. The Hall–Kier alpha value is -2.14. The van der Waals surface area contributed by atoms with E-state index >= 15 is 0 Å². The number of rotatable bonds is 4. The smallest absolute Gasteiger partial charge is 0.277 e. The standard InChI is InChI=1S/C16H21N3O2/c1-16(2,3)11-5-7-12(8-6-11)18-15(20)13-10-21-14(19-13)9-17-4/h5-8,10,17H,9H2,1-4H3,(H,18,20). The fourth-order valence-electron chi connectivity index (χ4n) is 1.90. The topological polar surface area (TPSA) is 67.2 Å². The van der Waals surface area contributed by atoms with Gasteiger partial charge in [0.1, 0.15) is 6.26 Å². The second-order valence-electron chi connectivity index (χ2n) is 5.94. The molecule has 1 heterocycles. The average Bonchev–Trinajstić information content (AvgIpc) is 2.87. The Balaban J connectivity index is 2.05. The Morgan fingerprint density at radius 3 is 2.48 bits per heavy atom. The highest BCUT2D eigenvalue weighted by atomic mass is 16.3. The maximum absolute atomic E-state index is 12.1. The molecule has 0 radical (unpaired) electrons. The number of carbonyl (C=O) groups excluding carboxylic acids is 1. The number of amides is 1. The SMILES string of the molecule is CNCc1nc(C(=O)Nc2ccc(C(C)(C)C)cc2)co1. The molecular weight excluding hydrogens is 266 g/mol. The largest absolute Gasteiger partial charge is 0.447 e. The Morgan fingerprint density at radius 1 is 1.24 bits per heavy atom. The Morgan fingerprint density at radius 2 is 1.90 bits per heavy atom. The fraction of sp³-hybridized carbons (Fsp3) is 0.375. The number of oxazole rings is 1. The number of carbonyl (C=O) groups is 1. The maximum atomic E-state index is 12.1. The number of benzene rings is 1. The molecule has 0 spiro atoms. The molecule has 5 nitrogen and oxygen atoms in total. The first kappa shape index (κ1) is 15.3. The van der Waals surface area contributed by atoms with Crippen LogP contribution in [0.15, 0.2) is 34.9 Å². The van der Waals surface area contributed by atoms with Crippen LogP contribution in [0.25, 0.3) is 0 Å². The molecule has 0 aliphatic heterocycles. The molecule has 2 aromatic rings. The van der Waals surface area contributed by atoms with Gasteiger partial charge in [0.15, 0.2) is 5.69 Å². The van der Waals surface area contributed by atoms with Crippen LogP contribution in [-0.4, -0.2) is 17.9 Å². The number of nitrogens with one attached hydrogen (secondary N) is 2. The van der Waals surface area contributed by atoms with Crippen molar-refractivity contribution in [3.8, 4) is 0 Å². The number of hydrogen-bond donors (Lipinski definition) is 2. The third kappa shape index (κ3) is 3.92. The third-order valence-electron chi connectivity index (χ3n) is 3.12. The zero-order valence-corrected chi connectivity index (χ0v) is 12.9. The summed E-state index contributed by atoms with van der Waals surface area (Å²) in [5, 5.41) is 5.73. The van der Waals surface area contributed by atoms with Gasteiger partial charge in [0.25, 0.3) is 5.91 Å². The van der Waals surface area contributed by atoms with Crippen molar-refractivity contribution in [1.82, 2.24) is 10.3 Å². The van der Waals surface area contributed by atoms with Gasteiger partial charge in [-0.1, -0.05) is 32.9 Å². The molecule has 1 aromatic carbocycles. The van der Waals surface area contributed by atoms with Crippen molar-refractivity contribution in [3.63, 3.8) is 0 Å². The lowest BCUT2D eigenvalue weighted by Crippen LogP contribution is -2.14. The van der Waals surface area contributed by atoms with Crippen molar-refractivity contribution in [2.75, 3.05) is 12.4 Å². The fourth-order valence-corrected chi connectivity index (χ4v) is 1.90. The Bertz CT molecular complexity index is 609. The number of nitrogens with zero attached hydrogens (tertiary/aromatic N) is 1. The summed E-state index contributed by atoms with van der Waals surface area (Å²) in [4.78, 5) is 16.2. The average molecular weight is 287 g/mol. The van der Waals surface area contributed by atoms with Crippen molar-refractivity contribution in [2.45, 2.75) is 32.7 Å². The summed E-state index contributed by atoms with van der Waals surface area (Å²) in [7, 11) is 1.79. The normalized spacial score (nSPS) is 11.4. The van der Waals surface area contributed by atoms with Crippen LogP contribution in [0.3, 0.4) is 0 Å². The summed E-state index contributed by atoms with van der Waals surface area (Å²) in [6.07, 6.45) is 1.37. The lowest BCUT2D eigenvalue weighted by Gasteiger charge is -2.19. The van der Waals surface area contributed by atoms with Gasteiger partial charge in [0, 0.05) is 5.69 Å². The number of anilines is 1. The summed E-state index contributed by atoms with van der Waals surface area (Å²) in [6, 6.07) is 7.83. The van der Waals surface area contributed by atoms with E-state index in [4.69, 9.17) is 4.42 Å². The Labute approximate surface area is 124 Å². The van der Waals surface area contributed by atoms with Gasteiger partial charge in [0.2, 0.25) is 5.89 Å². The molecule has 0 saturated carbocycles. The molecule has 0 fully saturated rings. The minimum absolute atomic E-state index is 0.0940. The molecule has 0 bridgehead atoms. The van der Waals surface area contributed by atoms with Crippen LogP contribution in [-0.2, 0) is 12.0 Å². The van der Waals surface area contributed by atoms with Gasteiger partial charge in [-0.05, 0) is 30.2 Å². The first-order valence-corrected chi connectivity index (χ1v) is 6.91. The highest BCUT2D eigenvalue weighted by Gasteiger charge is 2.15.